The van der Waals surface area contributed by atoms with Gasteiger partial charge in [-0.1, -0.05) is 0 Å². The van der Waals surface area contributed by atoms with Gasteiger partial charge >= 0.3 is 0 Å². The van der Waals surface area contributed by atoms with Gasteiger partial charge in [0.25, 0.3) is 0 Å². The van der Waals surface area contributed by atoms with Crippen molar-refractivity contribution >= 4 is 15.9 Å². The van der Waals surface area contributed by atoms with Crippen molar-refractivity contribution in [3.8, 4) is 0 Å². The van der Waals surface area contributed by atoms with E-state index in [1.807, 2.05) is 11.8 Å². The first-order chi connectivity index (χ1) is 9.82. The zero-order chi connectivity index (χ0) is 15.5. The summed E-state index contributed by atoms with van der Waals surface area (Å²) < 4.78 is 24.8. The maximum absolute atomic E-state index is 12.8. The third-order valence-electron chi connectivity index (χ3n) is 4.57. The number of amides is 1. The molecule has 2 saturated heterocycles. The molecule has 122 valence electrons. The molecule has 0 aromatic carbocycles. The quantitative estimate of drug-likeness (QED) is 0.772. The molecule has 6 nitrogen and oxygen atoms in total. The number of likely N-dealkylation sites (tertiary alicyclic amines) is 1. The largest absolute Gasteiger partial charge is 0.338 e. The van der Waals surface area contributed by atoms with E-state index < -0.39 is 15.6 Å². The average molecular weight is 317 g/mol. The van der Waals surface area contributed by atoms with Crippen molar-refractivity contribution in [2.45, 2.75) is 57.0 Å². The molecule has 0 spiro atoms. The summed E-state index contributed by atoms with van der Waals surface area (Å²) in [6.07, 6.45) is 6.89. The molecule has 2 N–H and O–H groups in total. The van der Waals surface area contributed by atoms with Gasteiger partial charge in [-0.25, -0.2) is 13.1 Å². The SMILES string of the molecule is CC1(C(=O)N2CCCCC2CCNS(C)(=O)=O)CCCN1. The molecule has 2 aliphatic heterocycles. The molecule has 2 aliphatic rings. The molecule has 0 bridgehead atoms. The van der Waals surface area contributed by atoms with Crippen LogP contribution >= 0.6 is 0 Å². The van der Waals surface area contributed by atoms with Crippen molar-refractivity contribution < 1.29 is 13.2 Å². The highest BCUT2D eigenvalue weighted by atomic mass is 32.2. The van der Waals surface area contributed by atoms with Crippen LogP contribution in [0.15, 0.2) is 0 Å². The van der Waals surface area contributed by atoms with Gasteiger partial charge in [-0.05, 0) is 52.0 Å². The topological polar surface area (TPSA) is 78.5 Å². The number of sulfonamides is 1. The first kappa shape index (κ1) is 16.7. The van der Waals surface area contributed by atoms with Crippen LogP contribution < -0.4 is 10.0 Å². The van der Waals surface area contributed by atoms with E-state index in [1.165, 1.54) is 6.26 Å². The van der Waals surface area contributed by atoms with Crippen LogP contribution in [0.4, 0.5) is 0 Å². The number of carbonyl (C=O) groups is 1. The molecular formula is C14H27N3O3S. The monoisotopic (exact) mass is 317 g/mol. The summed E-state index contributed by atoms with van der Waals surface area (Å²) in [5.74, 6) is 0.184. The molecule has 2 fully saturated rings. The fraction of sp³-hybridized carbons (Fsp3) is 0.929. The minimum Gasteiger partial charge on any atom is -0.338 e. The molecule has 2 unspecified atom stereocenters. The van der Waals surface area contributed by atoms with Crippen LogP contribution in [0.2, 0.25) is 0 Å². The van der Waals surface area contributed by atoms with Gasteiger partial charge in [0.15, 0.2) is 0 Å². The van der Waals surface area contributed by atoms with Crippen molar-refractivity contribution in [1.82, 2.24) is 14.9 Å². The lowest BCUT2D eigenvalue weighted by Crippen LogP contribution is -2.57. The molecular weight excluding hydrogens is 290 g/mol. The Labute approximate surface area is 127 Å². The summed E-state index contributed by atoms with van der Waals surface area (Å²) in [4.78, 5) is 14.8. The van der Waals surface area contributed by atoms with E-state index in [9.17, 15) is 13.2 Å². The maximum atomic E-state index is 12.8. The van der Waals surface area contributed by atoms with Crippen LogP contribution in [0.3, 0.4) is 0 Å². The zero-order valence-electron chi connectivity index (χ0n) is 13.0. The molecule has 0 radical (unpaired) electrons. The second-order valence-electron chi connectivity index (χ2n) is 6.47. The second kappa shape index (κ2) is 6.62. The van der Waals surface area contributed by atoms with Crippen LogP contribution in [-0.4, -0.2) is 56.7 Å². The highest BCUT2D eigenvalue weighted by molar-refractivity contribution is 7.88. The van der Waals surface area contributed by atoms with Crippen molar-refractivity contribution in [1.29, 1.82) is 0 Å². The normalized spacial score (nSPS) is 30.6. The lowest BCUT2D eigenvalue weighted by atomic mass is 9.93. The molecule has 21 heavy (non-hydrogen) atoms. The van der Waals surface area contributed by atoms with Crippen LogP contribution in [-0.2, 0) is 14.8 Å². The minimum absolute atomic E-state index is 0.153. The third-order valence-corrected chi connectivity index (χ3v) is 5.30. The smallest absolute Gasteiger partial charge is 0.242 e. The standard InChI is InChI=1S/C14H27N3O3S/c1-14(8-5-9-15-14)13(18)17-11-4-3-6-12(17)7-10-16-21(2,19)20/h12,15-16H,3-11H2,1-2H3. The second-order valence-corrected chi connectivity index (χ2v) is 8.30. The van der Waals surface area contributed by atoms with Crippen LogP contribution in [0.25, 0.3) is 0 Å². The van der Waals surface area contributed by atoms with Gasteiger partial charge in [0.1, 0.15) is 0 Å². The number of nitrogens with one attached hydrogen (secondary N) is 2. The Hall–Kier alpha value is -0.660. The molecule has 2 heterocycles. The fourth-order valence-electron chi connectivity index (χ4n) is 3.37. The van der Waals surface area contributed by atoms with Crippen molar-refractivity contribution in [2.24, 2.45) is 0 Å². The van der Waals surface area contributed by atoms with Crippen molar-refractivity contribution in [3.05, 3.63) is 0 Å². The number of nitrogens with zero attached hydrogens (tertiary/aromatic N) is 1. The number of rotatable bonds is 5. The van der Waals surface area contributed by atoms with Crippen LogP contribution in [0, 0.1) is 0 Å². The highest BCUT2D eigenvalue weighted by Crippen LogP contribution is 2.27. The Morgan fingerprint density at radius 2 is 2.14 bits per heavy atom. The summed E-state index contributed by atoms with van der Waals surface area (Å²) in [5.41, 5.74) is -0.431. The minimum atomic E-state index is -3.16. The Balaban J connectivity index is 1.96. The number of carbonyl (C=O) groups excluding carboxylic acids is 1. The van der Waals surface area contributed by atoms with E-state index >= 15 is 0 Å². The maximum Gasteiger partial charge on any atom is 0.242 e. The Kier molecular flexibility index (Phi) is 5.27. The van der Waals surface area contributed by atoms with Gasteiger partial charge in [0, 0.05) is 19.1 Å². The summed E-state index contributed by atoms with van der Waals surface area (Å²) >= 11 is 0. The van der Waals surface area contributed by atoms with Gasteiger partial charge < -0.3 is 10.2 Å². The van der Waals surface area contributed by atoms with Gasteiger partial charge in [0.2, 0.25) is 15.9 Å². The van der Waals surface area contributed by atoms with E-state index in [4.69, 9.17) is 0 Å². The molecule has 2 rings (SSSR count). The number of hydrogen-bond donors (Lipinski definition) is 2. The molecule has 0 aromatic heterocycles. The zero-order valence-corrected chi connectivity index (χ0v) is 13.8. The van der Waals surface area contributed by atoms with E-state index in [2.05, 4.69) is 10.0 Å². The molecule has 2 atom stereocenters. The first-order valence-corrected chi connectivity index (χ1v) is 9.72. The number of hydrogen-bond acceptors (Lipinski definition) is 4. The average Bonchev–Trinajstić information content (AvgIpc) is 2.85. The third kappa shape index (κ3) is 4.40. The van der Waals surface area contributed by atoms with E-state index in [1.54, 1.807) is 0 Å². The Morgan fingerprint density at radius 1 is 1.38 bits per heavy atom. The summed E-state index contributed by atoms with van der Waals surface area (Å²) in [7, 11) is -3.16. The summed E-state index contributed by atoms with van der Waals surface area (Å²) in [6, 6.07) is 0.153. The lowest BCUT2D eigenvalue weighted by molar-refractivity contribution is -0.141. The van der Waals surface area contributed by atoms with Gasteiger partial charge in [0.05, 0.1) is 11.8 Å². The van der Waals surface area contributed by atoms with Crippen LogP contribution in [0.5, 0.6) is 0 Å². The van der Waals surface area contributed by atoms with Crippen molar-refractivity contribution in [2.75, 3.05) is 25.9 Å². The lowest BCUT2D eigenvalue weighted by Gasteiger charge is -2.40. The Morgan fingerprint density at radius 3 is 2.76 bits per heavy atom. The van der Waals surface area contributed by atoms with E-state index in [0.29, 0.717) is 13.0 Å². The van der Waals surface area contributed by atoms with Gasteiger partial charge in [-0.15, -0.1) is 0 Å². The molecule has 7 heteroatoms. The fourth-order valence-corrected chi connectivity index (χ4v) is 3.86. The molecule has 1 amide bonds. The summed E-state index contributed by atoms with van der Waals surface area (Å²) in [6.45, 7) is 4.08. The number of piperidine rings is 1. The first-order valence-electron chi connectivity index (χ1n) is 7.83. The molecule has 0 saturated carbocycles. The summed E-state index contributed by atoms with van der Waals surface area (Å²) in [5, 5.41) is 3.33. The van der Waals surface area contributed by atoms with Gasteiger partial charge in [-0.3, -0.25) is 4.79 Å². The predicted molar refractivity (Wildman–Crippen MR) is 82.5 cm³/mol. The van der Waals surface area contributed by atoms with Gasteiger partial charge in [-0.2, -0.15) is 0 Å². The highest BCUT2D eigenvalue weighted by Gasteiger charge is 2.41. The molecule has 0 aromatic rings. The van der Waals surface area contributed by atoms with Crippen LogP contribution in [0.1, 0.15) is 45.4 Å². The van der Waals surface area contributed by atoms with Crippen molar-refractivity contribution in [3.63, 3.8) is 0 Å². The van der Waals surface area contributed by atoms with E-state index in [0.717, 1.165) is 45.2 Å². The molecule has 0 aliphatic carbocycles. The van der Waals surface area contributed by atoms with E-state index in [-0.39, 0.29) is 11.9 Å². The predicted octanol–water partition coefficient (Wildman–Crippen LogP) is 0.449. The Bertz CT molecular complexity index is 472.